The number of methoxy groups -OCH3 is 1. The Balaban J connectivity index is 1.33. The second-order valence-corrected chi connectivity index (χ2v) is 12.0. The van der Waals surface area contributed by atoms with Gasteiger partial charge < -0.3 is 29.2 Å². The van der Waals surface area contributed by atoms with Gasteiger partial charge in [-0.2, -0.15) is 9.98 Å². The van der Waals surface area contributed by atoms with Crippen LogP contribution in [0.1, 0.15) is 64.0 Å². The monoisotopic (exact) mass is 645 g/mol. The highest BCUT2D eigenvalue weighted by atomic mass is 16.6. The Morgan fingerprint density at radius 2 is 2.11 bits per heavy atom. The van der Waals surface area contributed by atoms with Gasteiger partial charge in [-0.1, -0.05) is 38.7 Å². The van der Waals surface area contributed by atoms with Gasteiger partial charge in [-0.25, -0.2) is 19.7 Å². The molecule has 3 N–H and O–H groups in total. The predicted octanol–water partition coefficient (Wildman–Crippen LogP) is 1.87. The zero-order valence-corrected chi connectivity index (χ0v) is 27.0. The second kappa shape index (κ2) is 13.1. The predicted molar refractivity (Wildman–Crippen MR) is 172 cm³/mol. The molecule has 14 nitrogen and oxygen atoms in total. The SMILES string of the molecule is CCCCCCC(C)(O)C1Cc2c(cc3c(c2OC)C(=CCn2ccnc2[NH+]2CN=C4C([O-])=NC(=N)N=C42)C=C(C(=O)OCC)O3)O1. The molecule has 1 aromatic carbocycles. The van der Waals surface area contributed by atoms with Crippen LogP contribution >= 0.6 is 0 Å². The Labute approximate surface area is 272 Å². The number of nitrogens with one attached hydrogen (secondary N) is 2. The fourth-order valence-electron chi connectivity index (χ4n) is 6.27. The normalized spacial score (nSPS) is 21.7. The number of rotatable bonds is 12. The van der Waals surface area contributed by atoms with E-state index in [4.69, 9.17) is 24.4 Å². The Hall–Kier alpha value is -4.82. The van der Waals surface area contributed by atoms with E-state index in [1.54, 1.807) is 38.6 Å². The van der Waals surface area contributed by atoms with Gasteiger partial charge in [0.25, 0.3) is 5.84 Å². The van der Waals surface area contributed by atoms with Gasteiger partial charge in [-0.05, 0) is 31.9 Å². The number of quaternary nitrogens is 1. The third kappa shape index (κ3) is 6.17. The quantitative estimate of drug-likeness (QED) is 0.231. The molecule has 4 aliphatic heterocycles. The maximum absolute atomic E-state index is 12.9. The van der Waals surface area contributed by atoms with E-state index >= 15 is 0 Å². The van der Waals surface area contributed by atoms with Crippen LogP contribution in [-0.2, 0) is 22.5 Å². The molecule has 1 aromatic heterocycles. The summed E-state index contributed by atoms with van der Waals surface area (Å²) in [5.41, 5.74) is 1.19. The smallest absolute Gasteiger partial charge is 0.374 e. The maximum atomic E-state index is 12.9. The van der Waals surface area contributed by atoms with Crippen LogP contribution in [0.4, 0.5) is 5.95 Å². The number of allylic oxidation sites excluding steroid dienone is 3. The van der Waals surface area contributed by atoms with Gasteiger partial charge in [-0.15, -0.1) is 0 Å². The lowest BCUT2D eigenvalue weighted by atomic mass is 9.88. The highest BCUT2D eigenvalue weighted by molar-refractivity contribution is 6.66. The number of benzene rings is 1. The molecule has 47 heavy (non-hydrogen) atoms. The van der Waals surface area contributed by atoms with Crippen LogP contribution in [0.2, 0.25) is 0 Å². The second-order valence-electron chi connectivity index (χ2n) is 12.0. The van der Waals surface area contributed by atoms with E-state index in [0.29, 0.717) is 64.5 Å². The first kappa shape index (κ1) is 32.1. The zero-order chi connectivity index (χ0) is 33.3. The number of carbonyl (C=O) groups is 1. The number of carbonyl (C=O) groups excluding carboxylic acids is 1. The van der Waals surface area contributed by atoms with Crippen molar-refractivity contribution in [2.45, 2.75) is 77.5 Å². The minimum Gasteiger partial charge on any atom is -0.857 e. The molecule has 4 aliphatic rings. The number of nitrogens with zero attached hydrogens (tertiary/aromatic N) is 5. The van der Waals surface area contributed by atoms with Gasteiger partial charge in [0.15, 0.2) is 12.4 Å². The summed E-state index contributed by atoms with van der Waals surface area (Å²) in [4.78, 5) is 30.0. The molecule has 14 heteroatoms. The number of imidazole rings is 1. The maximum Gasteiger partial charge on any atom is 0.374 e. The number of ether oxygens (including phenoxy) is 4. The number of aliphatic hydroxyl groups is 1. The van der Waals surface area contributed by atoms with Crippen LogP contribution in [0.3, 0.4) is 0 Å². The fourth-order valence-corrected chi connectivity index (χ4v) is 6.27. The van der Waals surface area contributed by atoms with Crippen LogP contribution in [0.5, 0.6) is 17.2 Å². The van der Waals surface area contributed by atoms with E-state index < -0.39 is 23.6 Å². The minimum atomic E-state index is -1.05. The number of aromatic nitrogens is 2. The average molecular weight is 646 g/mol. The first-order chi connectivity index (χ1) is 22.6. The molecule has 0 fully saturated rings. The number of guanidine groups is 1. The number of fused-ring (bicyclic) bond motifs is 3. The van der Waals surface area contributed by atoms with E-state index in [2.05, 4.69) is 26.9 Å². The summed E-state index contributed by atoms with van der Waals surface area (Å²) < 4.78 is 25.5. The van der Waals surface area contributed by atoms with Crippen molar-refractivity contribution < 1.29 is 38.9 Å². The van der Waals surface area contributed by atoms with Crippen LogP contribution < -0.4 is 24.2 Å². The van der Waals surface area contributed by atoms with Crippen LogP contribution in [-0.4, -0.2) is 76.1 Å². The lowest BCUT2D eigenvalue weighted by molar-refractivity contribution is -0.730. The van der Waals surface area contributed by atoms with Crippen molar-refractivity contribution in [1.82, 2.24) is 9.55 Å². The number of amidine groups is 1. The molecule has 248 valence electrons. The van der Waals surface area contributed by atoms with Crippen molar-refractivity contribution in [2.75, 3.05) is 20.4 Å². The summed E-state index contributed by atoms with van der Waals surface area (Å²) in [7, 11) is 1.58. The van der Waals surface area contributed by atoms with Crippen molar-refractivity contribution in [3.05, 3.63) is 47.5 Å². The van der Waals surface area contributed by atoms with Gasteiger partial charge >= 0.3 is 11.9 Å². The molecule has 6 rings (SSSR count). The highest BCUT2D eigenvalue weighted by Gasteiger charge is 2.42. The molecule has 0 saturated carbocycles. The van der Waals surface area contributed by atoms with E-state index in [-0.39, 0.29) is 30.7 Å². The van der Waals surface area contributed by atoms with E-state index in [0.717, 1.165) is 31.2 Å². The molecule has 0 aliphatic carbocycles. The van der Waals surface area contributed by atoms with Gasteiger partial charge in [-0.3, -0.25) is 9.98 Å². The molecule has 3 atom stereocenters. The summed E-state index contributed by atoms with van der Waals surface area (Å²) in [5.74, 6) is 0.736. The lowest BCUT2D eigenvalue weighted by Crippen LogP contribution is -3.10. The summed E-state index contributed by atoms with van der Waals surface area (Å²) >= 11 is 0. The zero-order valence-electron chi connectivity index (χ0n) is 27.0. The van der Waals surface area contributed by atoms with Gasteiger partial charge in [0, 0.05) is 36.7 Å². The molecule has 0 amide bonds. The van der Waals surface area contributed by atoms with Crippen LogP contribution in [0.15, 0.2) is 51.3 Å². The van der Waals surface area contributed by atoms with Gasteiger partial charge in [0.1, 0.15) is 23.4 Å². The van der Waals surface area contributed by atoms with Crippen LogP contribution in [0.25, 0.3) is 5.57 Å². The number of unbranched alkanes of at least 4 members (excludes halogenated alkanes) is 3. The largest absolute Gasteiger partial charge is 0.857 e. The number of aliphatic imine (C=N–C) groups is 3. The van der Waals surface area contributed by atoms with Crippen molar-refractivity contribution in [2.24, 2.45) is 15.0 Å². The molecule has 0 spiro atoms. The summed E-state index contributed by atoms with van der Waals surface area (Å²) in [5, 5.41) is 31.5. The molecule has 0 saturated heterocycles. The molecule has 5 heterocycles. The molecule has 2 aromatic rings. The molecule has 3 unspecified atom stereocenters. The third-order valence-electron chi connectivity index (χ3n) is 8.70. The Kier molecular flexibility index (Phi) is 8.97. The molecular formula is C33H39N7O7. The number of hydrogen-bond donors (Lipinski definition) is 3. The van der Waals surface area contributed by atoms with E-state index in [1.165, 1.54) is 0 Å². The number of esters is 1. The number of hydrogen-bond acceptors (Lipinski definition) is 10. The Morgan fingerprint density at radius 3 is 2.87 bits per heavy atom. The van der Waals surface area contributed by atoms with Gasteiger partial charge in [0.2, 0.25) is 11.7 Å². The van der Waals surface area contributed by atoms with Crippen LogP contribution in [0, 0.1) is 5.41 Å². The Morgan fingerprint density at radius 1 is 1.28 bits per heavy atom. The fraction of sp³-hybridized carbons (Fsp3) is 0.455. The van der Waals surface area contributed by atoms with Crippen molar-refractivity contribution in [1.29, 1.82) is 5.41 Å². The average Bonchev–Trinajstić information content (AvgIpc) is 3.79. The topological polar surface area (TPSA) is 180 Å². The van der Waals surface area contributed by atoms with Crippen molar-refractivity contribution >= 4 is 40.9 Å². The molecule has 0 bridgehead atoms. The highest BCUT2D eigenvalue weighted by Crippen LogP contribution is 2.50. The summed E-state index contributed by atoms with van der Waals surface area (Å²) in [6, 6.07) is 1.74. The van der Waals surface area contributed by atoms with E-state index in [1.807, 2.05) is 17.6 Å². The first-order valence-corrected chi connectivity index (χ1v) is 15.9. The summed E-state index contributed by atoms with van der Waals surface area (Å²) in [6.07, 6.45) is 11.7. The molecular weight excluding hydrogens is 606 g/mol. The van der Waals surface area contributed by atoms with Gasteiger partial charge in [0.05, 0.1) is 31.1 Å². The molecule has 0 radical (unpaired) electrons. The van der Waals surface area contributed by atoms with Crippen molar-refractivity contribution in [3.8, 4) is 17.2 Å². The van der Waals surface area contributed by atoms with Crippen molar-refractivity contribution in [3.63, 3.8) is 0 Å². The standard InChI is InChI=1S/C33H39N7O7/c1-5-7-8-9-11-33(3,43)24-16-20-21(47-24)17-22-25(27(20)44-4)19(15-23(46-22)30(42)45-6-2)10-13-39-14-12-35-32(39)40-18-36-26-28(40)37-31(34)38-29(26)41/h10,12,14-15,17,24,43H,5-9,11,13,16,18H2,1-4H3,(H2,34,38,41). The summed E-state index contributed by atoms with van der Waals surface area (Å²) in [6.45, 7) is 6.36. The Bertz CT molecular complexity index is 1750. The third-order valence-corrected chi connectivity index (χ3v) is 8.70. The first-order valence-electron chi connectivity index (χ1n) is 15.9. The lowest BCUT2D eigenvalue weighted by Gasteiger charge is -2.29. The minimum absolute atomic E-state index is 0.0106. The van der Waals surface area contributed by atoms with E-state index in [9.17, 15) is 15.0 Å².